The maximum atomic E-state index is 6.07. The van der Waals surface area contributed by atoms with Gasteiger partial charge in [0.05, 0.1) is 16.9 Å². The zero-order valence-corrected chi connectivity index (χ0v) is 12.5. The molecule has 0 unspecified atom stereocenters. The highest BCUT2D eigenvalue weighted by molar-refractivity contribution is 6.16. The molecule has 2 aromatic carbocycles. The van der Waals surface area contributed by atoms with Crippen molar-refractivity contribution in [2.45, 2.75) is 26.3 Å². The third-order valence-corrected chi connectivity index (χ3v) is 3.83. The monoisotopic (exact) mass is 284 g/mol. The second kappa shape index (κ2) is 5.29. The van der Waals surface area contributed by atoms with Crippen LogP contribution in [-0.2, 0) is 12.4 Å². The second-order valence-electron chi connectivity index (χ2n) is 5.18. The number of fused-ring (bicyclic) bond motifs is 1. The highest BCUT2D eigenvalue weighted by Gasteiger charge is 2.12. The molecule has 3 rings (SSSR count). The minimum absolute atomic E-state index is 0.430. The van der Waals surface area contributed by atoms with Gasteiger partial charge in [0.1, 0.15) is 5.82 Å². The maximum Gasteiger partial charge on any atom is 0.125 e. The van der Waals surface area contributed by atoms with Crippen molar-refractivity contribution in [1.29, 1.82) is 0 Å². The molecule has 0 spiro atoms. The van der Waals surface area contributed by atoms with E-state index in [1.54, 1.807) is 0 Å². The quantitative estimate of drug-likeness (QED) is 0.650. The third kappa shape index (κ3) is 2.32. The minimum atomic E-state index is 0.430. The van der Waals surface area contributed by atoms with Crippen molar-refractivity contribution in [1.82, 2.24) is 9.55 Å². The lowest BCUT2D eigenvalue weighted by molar-refractivity contribution is 0.776. The Hall–Kier alpha value is -1.80. The number of imidazole rings is 1. The Bertz CT molecular complexity index is 759. The van der Waals surface area contributed by atoms with Crippen LogP contribution >= 0.6 is 11.6 Å². The van der Waals surface area contributed by atoms with Crippen LogP contribution < -0.4 is 0 Å². The van der Waals surface area contributed by atoms with Crippen molar-refractivity contribution >= 4 is 22.6 Å². The number of hydrogen-bond acceptors (Lipinski definition) is 1. The van der Waals surface area contributed by atoms with Crippen molar-refractivity contribution in [2.75, 3.05) is 0 Å². The summed E-state index contributed by atoms with van der Waals surface area (Å²) in [6.45, 7) is 5.04. The normalized spacial score (nSPS) is 11.2. The van der Waals surface area contributed by atoms with Gasteiger partial charge in [-0.15, -0.1) is 11.6 Å². The first-order chi connectivity index (χ1) is 9.69. The molecule has 0 amide bonds. The number of rotatable bonds is 3. The average molecular weight is 285 g/mol. The molecule has 0 fully saturated rings. The fourth-order valence-corrected chi connectivity index (χ4v) is 2.88. The standard InChI is InChI=1S/C17H17ClN2/c1-12-5-3-7-14(9-12)11-20-16(10-18)19-15-8-4-6-13(2)17(15)20/h3-9H,10-11H2,1-2H3. The molecule has 20 heavy (non-hydrogen) atoms. The smallest absolute Gasteiger partial charge is 0.125 e. The van der Waals surface area contributed by atoms with Gasteiger partial charge in [-0.2, -0.15) is 0 Å². The summed E-state index contributed by atoms with van der Waals surface area (Å²) in [6.07, 6.45) is 0. The predicted molar refractivity (Wildman–Crippen MR) is 84.3 cm³/mol. The van der Waals surface area contributed by atoms with Crippen LogP contribution in [0.15, 0.2) is 42.5 Å². The van der Waals surface area contributed by atoms with Crippen molar-refractivity contribution in [3.63, 3.8) is 0 Å². The highest BCUT2D eigenvalue weighted by Crippen LogP contribution is 2.22. The Kier molecular flexibility index (Phi) is 3.49. The van der Waals surface area contributed by atoms with Gasteiger partial charge in [-0.1, -0.05) is 42.0 Å². The van der Waals surface area contributed by atoms with E-state index in [1.165, 1.54) is 22.2 Å². The molecule has 0 bridgehead atoms. The molecule has 2 nitrogen and oxygen atoms in total. The summed E-state index contributed by atoms with van der Waals surface area (Å²) >= 11 is 6.07. The number of halogens is 1. The fourth-order valence-electron chi connectivity index (χ4n) is 2.68. The molecule has 0 aliphatic rings. The number of aromatic nitrogens is 2. The lowest BCUT2D eigenvalue weighted by atomic mass is 10.1. The van der Waals surface area contributed by atoms with E-state index in [4.69, 9.17) is 11.6 Å². The zero-order valence-electron chi connectivity index (χ0n) is 11.7. The highest BCUT2D eigenvalue weighted by atomic mass is 35.5. The molecule has 3 heteroatoms. The largest absolute Gasteiger partial charge is 0.322 e. The van der Waals surface area contributed by atoms with Crippen molar-refractivity contribution in [2.24, 2.45) is 0 Å². The number of benzene rings is 2. The van der Waals surface area contributed by atoms with Crippen LogP contribution in [0.4, 0.5) is 0 Å². The van der Waals surface area contributed by atoms with Crippen molar-refractivity contribution in [3.05, 3.63) is 65.0 Å². The van der Waals surface area contributed by atoms with Crippen LogP contribution in [0.2, 0.25) is 0 Å². The Balaban J connectivity index is 2.14. The van der Waals surface area contributed by atoms with Crippen LogP contribution in [0.25, 0.3) is 11.0 Å². The van der Waals surface area contributed by atoms with Crippen LogP contribution in [0.1, 0.15) is 22.5 Å². The number of hydrogen-bond donors (Lipinski definition) is 0. The first-order valence-corrected chi connectivity index (χ1v) is 7.28. The topological polar surface area (TPSA) is 17.8 Å². The summed E-state index contributed by atoms with van der Waals surface area (Å²) in [5.41, 5.74) is 5.99. The molecule has 1 aromatic heterocycles. The van der Waals surface area contributed by atoms with Crippen LogP contribution in [0.3, 0.4) is 0 Å². The molecule has 0 aliphatic heterocycles. The van der Waals surface area contributed by atoms with E-state index in [0.717, 1.165) is 17.9 Å². The van der Waals surface area contributed by atoms with Gasteiger partial charge in [-0.05, 0) is 31.0 Å². The van der Waals surface area contributed by atoms with Gasteiger partial charge in [0.25, 0.3) is 0 Å². The molecule has 0 saturated heterocycles. The van der Waals surface area contributed by atoms with E-state index in [0.29, 0.717) is 5.88 Å². The number of nitrogens with zero attached hydrogens (tertiary/aromatic N) is 2. The lowest BCUT2D eigenvalue weighted by Gasteiger charge is -2.10. The van der Waals surface area contributed by atoms with Crippen LogP contribution in [0.5, 0.6) is 0 Å². The molecule has 0 saturated carbocycles. The number of alkyl halides is 1. The van der Waals surface area contributed by atoms with Crippen LogP contribution in [-0.4, -0.2) is 9.55 Å². The van der Waals surface area contributed by atoms with Crippen molar-refractivity contribution in [3.8, 4) is 0 Å². The SMILES string of the molecule is Cc1cccc(Cn2c(CCl)nc3cccc(C)c32)c1. The number of aryl methyl sites for hydroxylation is 2. The Morgan fingerprint density at radius 3 is 2.65 bits per heavy atom. The first-order valence-electron chi connectivity index (χ1n) is 6.75. The van der Waals surface area contributed by atoms with E-state index in [1.807, 2.05) is 12.1 Å². The maximum absolute atomic E-state index is 6.07. The molecule has 3 aromatic rings. The fraction of sp³-hybridized carbons (Fsp3) is 0.235. The summed E-state index contributed by atoms with van der Waals surface area (Å²) in [6, 6.07) is 14.8. The minimum Gasteiger partial charge on any atom is -0.322 e. The summed E-state index contributed by atoms with van der Waals surface area (Å²) in [4.78, 5) is 4.64. The summed E-state index contributed by atoms with van der Waals surface area (Å²) in [5, 5.41) is 0. The Labute approximate surface area is 124 Å². The van der Waals surface area contributed by atoms with E-state index in [-0.39, 0.29) is 0 Å². The van der Waals surface area contributed by atoms with Gasteiger partial charge in [0.15, 0.2) is 0 Å². The van der Waals surface area contributed by atoms with Gasteiger partial charge in [-0.25, -0.2) is 4.98 Å². The van der Waals surface area contributed by atoms with Gasteiger partial charge >= 0.3 is 0 Å². The molecule has 0 atom stereocenters. The summed E-state index contributed by atoms with van der Waals surface area (Å²) in [7, 11) is 0. The molecule has 0 N–H and O–H groups in total. The van der Waals surface area contributed by atoms with Gasteiger partial charge < -0.3 is 4.57 Å². The molecule has 102 valence electrons. The summed E-state index contributed by atoms with van der Waals surface area (Å²) < 4.78 is 2.23. The second-order valence-corrected chi connectivity index (χ2v) is 5.45. The lowest BCUT2D eigenvalue weighted by Crippen LogP contribution is -2.04. The van der Waals surface area contributed by atoms with Crippen molar-refractivity contribution < 1.29 is 0 Å². The van der Waals surface area contributed by atoms with Gasteiger partial charge in [0, 0.05) is 6.54 Å². The summed E-state index contributed by atoms with van der Waals surface area (Å²) in [5.74, 6) is 1.36. The average Bonchev–Trinajstić information content (AvgIpc) is 2.78. The number of para-hydroxylation sites is 1. The molecule has 0 aliphatic carbocycles. The third-order valence-electron chi connectivity index (χ3n) is 3.59. The Morgan fingerprint density at radius 1 is 1.10 bits per heavy atom. The van der Waals surface area contributed by atoms with E-state index in [9.17, 15) is 0 Å². The van der Waals surface area contributed by atoms with Crippen LogP contribution in [0, 0.1) is 13.8 Å². The van der Waals surface area contributed by atoms with E-state index >= 15 is 0 Å². The molecular formula is C17H17ClN2. The molecule has 1 heterocycles. The van der Waals surface area contributed by atoms with Gasteiger partial charge in [-0.3, -0.25) is 0 Å². The van der Waals surface area contributed by atoms with E-state index < -0.39 is 0 Å². The predicted octanol–water partition coefficient (Wildman–Crippen LogP) is 4.44. The Morgan fingerprint density at radius 2 is 1.90 bits per heavy atom. The zero-order chi connectivity index (χ0) is 14.1. The van der Waals surface area contributed by atoms with E-state index in [2.05, 4.69) is 53.7 Å². The van der Waals surface area contributed by atoms with Gasteiger partial charge in [0.2, 0.25) is 0 Å². The molecule has 0 radical (unpaired) electrons. The molecular weight excluding hydrogens is 268 g/mol. The first kappa shape index (κ1) is 13.2.